The number of nitrogens with two attached hydrogens (primary N) is 1. The molecule has 1 aromatic heterocycles. The molecule has 3 N–H and O–H groups in total. The molecule has 0 fully saturated rings. The second kappa shape index (κ2) is 6.20. The Morgan fingerprint density at radius 2 is 2.07 bits per heavy atom. The summed E-state index contributed by atoms with van der Waals surface area (Å²) < 4.78 is 15.8. The number of methoxy groups -OCH3 is 2. The lowest BCUT2D eigenvalue weighted by Crippen LogP contribution is -2.40. The summed E-state index contributed by atoms with van der Waals surface area (Å²) in [7, 11) is 2.40. The van der Waals surface area contributed by atoms with E-state index in [0.717, 1.165) is 0 Å². The van der Waals surface area contributed by atoms with Gasteiger partial charge in [-0.1, -0.05) is 15.9 Å². The number of rotatable bonds is 3. The van der Waals surface area contributed by atoms with Gasteiger partial charge in [-0.05, 0) is 23.8 Å². The molecule has 1 aliphatic carbocycles. The number of aromatic nitrogens is 1. The van der Waals surface area contributed by atoms with E-state index >= 15 is 0 Å². The van der Waals surface area contributed by atoms with E-state index in [1.165, 1.54) is 14.2 Å². The highest BCUT2D eigenvalue weighted by molar-refractivity contribution is 9.10. The first-order valence-corrected chi connectivity index (χ1v) is 8.91. The standard InChI is InChI=1S/C18H14BrN3O6/c1-26-11(23)6-10-12(15(24)27-2)18(16(25)21-10)9-5-7(19)3-4-8(9)13-14(18)22-17(20)28-13/h3-5H,6H2,1-2H3,(H2,20,22)(H,21,25). The van der Waals surface area contributed by atoms with E-state index in [1.54, 1.807) is 18.2 Å². The number of fused-ring (bicyclic) bond motifs is 5. The molecule has 2 aliphatic rings. The fourth-order valence-electron chi connectivity index (χ4n) is 3.77. The number of nitrogen functional groups attached to an aromatic ring is 1. The zero-order valence-corrected chi connectivity index (χ0v) is 16.4. The zero-order valence-electron chi connectivity index (χ0n) is 14.8. The van der Waals surface area contributed by atoms with Crippen LogP contribution >= 0.6 is 15.9 Å². The Labute approximate surface area is 167 Å². The highest BCUT2D eigenvalue weighted by Crippen LogP contribution is 2.56. The molecular weight excluding hydrogens is 434 g/mol. The number of ether oxygens (including phenoxy) is 2. The van der Waals surface area contributed by atoms with Crippen LogP contribution in [0.4, 0.5) is 6.01 Å². The van der Waals surface area contributed by atoms with Gasteiger partial charge < -0.3 is 24.9 Å². The molecular formula is C18H14BrN3O6. The first kappa shape index (κ1) is 18.2. The van der Waals surface area contributed by atoms with E-state index in [-0.39, 0.29) is 35.2 Å². The van der Waals surface area contributed by atoms with Crippen molar-refractivity contribution in [2.45, 2.75) is 11.8 Å². The molecule has 1 spiro atoms. The monoisotopic (exact) mass is 447 g/mol. The number of benzene rings is 1. The van der Waals surface area contributed by atoms with Gasteiger partial charge in [0.25, 0.3) is 6.01 Å². The lowest BCUT2D eigenvalue weighted by atomic mass is 9.74. The van der Waals surface area contributed by atoms with E-state index in [4.69, 9.17) is 14.9 Å². The predicted octanol–water partition coefficient (Wildman–Crippen LogP) is 1.41. The number of halogens is 1. The van der Waals surface area contributed by atoms with Crippen LogP contribution in [0.25, 0.3) is 11.3 Å². The van der Waals surface area contributed by atoms with Crippen LogP contribution in [0, 0.1) is 0 Å². The summed E-state index contributed by atoms with van der Waals surface area (Å²) in [5.74, 6) is -1.67. The Bertz CT molecular complexity index is 1090. The minimum Gasteiger partial charge on any atom is -0.469 e. The second-order valence-electron chi connectivity index (χ2n) is 6.22. The molecule has 1 aliphatic heterocycles. The van der Waals surface area contributed by atoms with Gasteiger partial charge in [0.15, 0.2) is 11.2 Å². The molecule has 10 heteroatoms. The van der Waals surface area contributed by atoms with E-state index < -0.39 is 23.3 Å². The Morgan fingerprint density at radius 1 is 1.32 bits per heavy atom. The van der Waals surface area contributed by atoms with Crippen molar-refractivity contribution < 1.29 is 28.3 Å². The Balaban J connectivity index is 2.08. The second-order valence-corrected chi connectivity index (χ2v) is 7.14. The molecule has 9 nitrogen and oxygen atoms in total. The number of carbonyl (C=O) groups excluding carboxylic acids is 3. The van der Waals surface area contributed by atoms with Crippen molar-refractivity contribution in [3.05, 3.63) is 45.2 Å². The van der Waals surface area contributed by atoms with Crippen LogP contribution in [-0.2, 0) is 29.3 Å². The number of esters is 2. The molecule has 2 heterocycles. The first-order valence-electron chi connectivity index (χ1n) is 8.12. The van der Waals surface area contributed by atoms with Gasteiger partial charge in [-0.15, -0.1) is 0 Å². The van der Waals surface area contributed by atoms with Gasteiger partial charge >= 0.3 is 11.9 Å². The summed E-state index contributed by atoms with van der Waals surface area (Å²) in [5.41, 5.74) is 5.35. The van der Waals surface area contributed by atoms with Gasteiger partial charge in [0, 0.05) is 15.7 Å². The average Bonchev–Trinajstić information content (AvgIpc) is 3.25. The quantitative estimate of drug-likeness (QED) is 0.674. The number of hydrogen-bond acceptors (Lipinski definition) is 8. The number of nitrogens with one attached hydrogen (secondary N) is 1. The minimum atomic E-state index is -1.65. The molecule has 1 aromatic carbocycles. The predicted molar refractivity (Wildman–Crippen MR) is 98.6 cm³/mol. The summed E-state index contributed by atoms with van der Waals surface area (Å²) in [6.45, 7) is 0. The third-order valence-corrected chi connectivity index (χ3v) is 5.34. The highest BCUT2D eigenvalue weighted by Gasteiger charge is 2.62. The molecule has 0 radical (unpaired) electrons. The molecule has 4 rings (SSSR count). The van der Waals surface area contributed by atoms with Crippen LogP contribution in [0.15, 0.2) is 38.4 Å². The smallest absolute Gasteiger partial charge is 0.337 e. The van der Waals surface area contributed by atoms with Crippen LogP contribution in [0.2, 0.25) is 0 Å². The fourth-order valence-corrected chi connectivity index (χ4v) is 4.13. The van der Waals surface area contributed by atoms with Crippen molar-refractivity contribution in [3.63, 3.8) is 0 Å². The van der Waals surface area contributed by atoms with Crippen molar-refractivity contribution >= 4 is 39.8 Å². The number of carbonyl (C=O) groups is 3. The Morgan fingerprint density at radius 3 is 2.75 bits per heavy atom. The van der Waals surface area contributed by atoms with Crippen LogP contribution in [0.5, 0.6) is 0 Å². The molecule has 0 bridgehead atoms. The molecule has 1 unspecified atom stereocenters. The summed E-state index contributed by atoms with van der Waals surface area (Å²) >= 11 is 3.39. The van der Waals surface area contributed by atoms with E-state index in [2.05, 4.69) is 31.0 Å². The number of anilines is 1. The number of oxazole rings is 1. The maximum Gasteiger partial charge on any atom is 0.337 e. The van der Waals surface area contributed by atoms with Crippen molar-refractivity contribution in [1.29, 1.82) is 0 Å². The number of nitrogens with zero attached hydrogens (tertiary/aromatic N) is 1. The molecule has 0 saturated carbocycles. The molecule has 144 valence electrons. The molecule has 0 saturated heterocycles. The van der Waals surface area contributed by atoms with Gasteiger partial charge in [-0.2, -0.15) is 4.98 Å². The van der Waals surface area contributed by atoms with Crippen molar-refractivity contribution in [2.75, 3.05) is 20.0 Å². The SMILES string of the molecule is COC(=O)CC1=C(C(=O)OC)C2(C(=O)N1)c1cc(Br)ccc1-c1oc(N)nc12. The third-order valence-electron chi connectivity index (χ3n) is 4.85. The number of hydrogen-bond donors (Lipinski definition) is 2. The zero-order chi connectivity index (χ0) is 20.2. The van der Waals surface area contributed by atoms with Gasteiger partial charge in [-0.3, -0.25) is 9.59 Å². The molecule has 1 amide bonds. The summed E-state index contributed by atoms with van der Waals surface area (Å²) in [6.07, 6.45) is -0.319. The minimum absolute atomic E-state index is 0.0446. The number of amides is 1. The van der Waals surface area contributed by atoms with Crippen molar-refractivity contribution in [3.8, 4) is 11.3 Å². The topological polar surface area (TPSA) is 134 Å². The van der Waals surface area contributed by atoms with Crippen LogP contribution in [0.3, 0.4) is 0 Å². The van der Waals surface area contributed by atoms with Crippen molar-refractivity contribution in [1.82, 2.24) is 10.3 Å². The lowest BCUT2D eigenvalue weighted by Gasteiger charge is -2.24. The molecule has 28 heavy (non-hydrogen) atoms. The Hall–Kier alpha value is -3.14. The van der Waals surface area contributed by atoms with Crippen LogP contribution in [-0.4, -0.2) is 37.0 Å². The van der Waals surface area contributed by atoms with E-state index in [1.807, 2.05) is 0 Å². The van der Waals surface area contributed by atoms with Gasteiger partial charge in [0.1, 0.15) is 5.69 Å². The van der Waals surface area contributed by atoms with Gasteiger partial charge in [0.05, 0.1) is 26.2 Å². The van der Waals surface area contributed by atoms with E-state index in [9.17, 15) is 14.4 Å². The summed E-state index contributed by atoms with van der Waals surface area (Å²) in [5, 5.41) is 2.63. The van der Waals surface area contributed by atoms with Crippen LogP contribution < -0.4 is 11.1 Å². The molecule has 1 atom stereocenters. The average molecular weight is 448 g/mol. The van der Waals surface area contributed by atoms with Gasteiger partial charge in [0.2, 0.25) is 5.91 Å². The van der Waals surface area contributed by atoms with E-state index in [0.29, 0.717) is 15.6 Å². The maximum absolute atomic E-state index is 13.3. The van der Waals surface area contributed by atoms with Crippen molar-refractivity contribution in [2.24, 2.45) is 0 Å². The fraction of sp³-hybridized carbons (Fsp3) is 0.222. The molecule has 2 aromatic rings. The summed E-state index contributed by atoms with van der Waals surface area (Å²) in [4.78, 5) is 42.2. The first-order chi connectivity index (χ1) is 13.3. The lowest BCUT2D eigenvalue weighted by molar-refractivity contribution is -0.139. The largest absolute Gasteiger partial charge is 0.469 e. The maximum atomic E-state index is 13.3. The highest BCUT2D eigenvalue weighted by atomic mass is 79.9. The normalized spacial score (nSPS) is 19.5. The van der Waals surface area contributed by atoms with Gasteiger partial charge in [-0.25, -0.2) is 4.79 Å². The van der Waals surface area contributed by atoms with Crippen LogP contribution in [0.1, 0.15) is 17.7 Å². The third kappa shape index (κ3) is 2.24. The summed E-state index contributed by atoms with van der Waals surface area (Å²) in [6, 6.07) is 5.06. The Kier molecular flexibility index (Phi) is 4.03.